The standard InChI is InChI=1S/C14H18N2O/c1-11(2)14-4-3-13(9-12(14)10-15)16-5-7-17-8-6-16/h3-4,9,11H,5-8H2,1-2H3. The maximum Gasteiger partial charge on any atom is 0.0995 e. The van der Waals surface area contributed by atoms with E-state index >= 15 is 0 Å². The van der Waals surface area contributed by atoms with E-state index in [4.69, 9.17) is 4.74 Å². The van der Waals surface area contributed by atoms with Crippen molar-refractivity contribution in [2.45, 2.75) is 19.8 Å². The molecule has 0 saturated carbocycles. The minimum Gasteiger partial charge on any atom is -0.378 e. The van der Waals surface area contributed by atoms with Gasteiger partial charge in [-0.25, -0.2) is 0 Å². The average molecular weight is 230 g/mol. The van der Waals surface area contributed by atoms with Crippen LogP contribution in [0.3, 0.4) is 0 Å². The van der Waals surface area contributed by atoms with Crippen molar-refractivity contribution in [3.63, 3.8) is 0 Å². The van der Waals surface area contributed by atoms with Crippen molar-refractivity contribution in [2.75, 3.05) is 31.2 Å². The van der Waals surface area contributed by atoms with Crippen molar-refractivity contribution < 1.29 is 4.74 Å². The first-order valence-electron chi connectivity index (χ1n) is 6.09. The van der Waals surface area contributed by atoms with Crippen LogP contribution in [0.4, 0.5) is 5.69 Å². The van der Waals surface area contributed by atoms with E-state index in [0.29, 0.717) is 5.92 Å². The SMILES string of the molecule is CC(C)c1ccc(N2CCOCC2)cc1C#N. The average Bonchev–Trinajstić information content (AvgIpc) is 2.39. The maximum atomic E-state index is 9.20. The number of morpholine rings is 1. The fourth-order valence-electron chi connectivity index (χ4n) is 2.16. The van der Waals surface area contributed by atoms with Gasteiger partial charge in [-0.1, -0.05) is 19.9 Å². The molecule has 0 atom stereocenters. The number of nitriles is 1. The largest absolute Gasteiger partial charge is 0.378 e. The van der Waals surface area contributed by atoms with Crippen LogP contribution >= 0.6 is 0 Å². The molecule has 1 aliphatic heterocycles. The summed E-state index contributed by atoms with van der Waals surface area (Å²) in [6.45, 7) is 7.59. The van der Waals surface area contributed by atoms with Crippen molar-refractivity contribution in [2.24, 2.45) is 0 Å². The van der Waals surface area contributed by atoms with Gasteiger partial charge in [-0.3, -0.25) is 0 Å². The van der Waals surface area contributed by atoms with Crippen LogP contribution in [0, 0.1) is 11.3 Å². The molecule has 0 spiro atoms. The molecule has 3 heteroatoms. The van der Waals surface area contributed by atoms with Crippen LogP contribution in [0.15, 0.2) is 18.2 Å². The summed E-state index contributed by atoms with van der Waals surface area (Å²) >= 11 is 0. The van der Waals surface area contributed by atoms with Crippen LogP contribution in [0.25, 0.3) is 0 Å². The van der Waals surface area contributed by atoms with Crippen LogP contribution in [-0.4, -0.2) is 26.3 Å². The quantitative estimate of drug-likeness (QED) is 0.783. The normalized spacial score (nSPS) is 16.0. The van der Waals surface area contributed by atoms with Crippen LogP contribution in [-0.2, 0) is 4.74 Å². The first kappa shape index (κ1) is 11.9. The lowest BCUT2D eigenvalue weighted by Gasteiger charge is -2.29. The summed E-state index contributed by atoms with van der Waals surface area (Å²) in [5.74, 6) is 0.392. The summed E-state index contributed by atoms with van der Waals surface area (Å²) < 4.78 is 5.33. The molecular weight excluding hydrogens is 212 g/mol. The monoisotopic (exact) mass is 230 g/mol. The second-order valence-electron chi connectivity index (χ2n) is 4.64. The zero-order valence-electron chi connectivity index (χ0n) is 10.4. The van der Waals surface area contributed by atoms with Crippen LogP contribution < -0.4 is 4.90 Å². The van der Waals surface area contributed by atoms with Crippen molar-refractivity contribution >= 4 is 5.69 Å². The summed E-state index contributed by atoms with van der Waals surface area (Å²) in [4.78, 5) is 2.27. The van der Waals surface area contributed by atoms with E-state index in [-0.39, 0.29) is 0 Å². The molecule has 1 fully saturated rings. The van der Waals surface area contributed by atoms with E-state index < -0.39 is 0 Å². The lowest BCUT2D eigenvalue weighted by Crippen LogP contribution is -2.36. The van der Waals surface area contributed by atoms with Crippen molar-refractivity contribution in [3.05, 3.63) is 29.3 Å². The van der Waals surface area contributed by atoms with Gasteiger partial charge >= 0.3 is 0 Å². The highest BCUT2D eigenvalue weighted by Gasteiger charge is 2.13. The summed E-state index contributed by atoms with van der Waals surface area (Å²) in [6.07, 6.45) is 0. The van der Waals surface area contributed by atoms with Gasteiger partial charge in [-0.2, -0.15) is 5.26 Å². The van der Waals surface area contributed by atoms with E-state index in [9.17, 15) is 5.26 Å². The smallest absolute Gasteiger partial charge is 0.0995 e. The Balaban J connectivity index is 2.28. The van der Waals surface area contributed by atoms with Crippen LogP contribution in [0.2, 0.25) is 0 Å². The van der Waals surface area contributed by atoms with Gasteiger partial charge in [-0.05, 0) is 23.6 Å². The van der Waals surface area contributed by atoms with Gasteiger partial charge in [0.25, 0.3) is 0 Å². The molecule has 0 amide bonds. The first-order valence-corrected chi connectivity index (χ1v) is 6.09. The molecule has 2 rings (SSSR count). The van der Waals surface area contributed by atoms with E-state index in [2.05, 4.69) is 36.9 Å². The third-order valence-electron chi connectivity index (χ3n) is 3.16. The Labute approximate surface area is 103 Å². The molecule has 1 heterocycles. The van der Waals surface area contributed by atoms with Gasteiger partial charge in [0.2, 0.25) is 0 Å². The van der Waals surface area contributed by atoms with E-state index in [1.54, 1.807) is 0 Å². The number of hydrogen-bond donors (Lipinski definition) is 0. The summed E-state index contributed by atoms with van der Waals surface area (Å²) in [7, 11) is 0. The number of anilines is 1. The highest BCUT2D eigenvalue weighted by Crippen LogP contribution is 2.25. The predicted octanol–water partition coefficient (Wildman–Crippen LogP) is 2.52. The number of nitrogens with zero attached hydrogens (tertiary/aromatic N) is 2. The zero-order chi connectivity index (χ0) is 12.3. The second kappa shape index (κ2) is 5.20. The Kier molecular flexibility index (Phi) is 3.65. The minimum absolute atomic E-state index is 0.392. The van der Waals surface area contributed by atoms with Gasteiger partial charge in [0.15, 0.2) is 0 Å². The highest BCUT2D eigenvalue weighted by atomic mass is 16.5. The molecule has 90 valence electrons. The molecule has 1 aliphatic rings. The Bertz CT molecular complexity index is 428. The molecule has 1 aromatic rings. The molecule has 0 N–H and O–H groups in total. The third-order valence-corrected chi connectivity index (χ3v) is 3.16. The molecule has 1 saturated heterocycles. The van der Waals surface area contributed by atoms with Gasteiger partial charge in [0.05, 0.1) is 24.8 Å². The maximum absolute atomic E-state index is 9.20. The molecule has 0 bridgehead atoms. The minimum atomic E-state index is 0.392. The molecule has 0 aliphatic carbocycles. The second-order valence-corrected chi connectivity index (χ2v) is 4.64. The Hall–Kier alpha value is -1.53. The van der Waals surface area contributed by atoms with Gasteiger partial charge in [0, 0.05) is 18.8 Å². The molecule has 0 unspecified atom stereocenters. The zero-order valence-corrected chi connectivity index (χ0v) is 10.4. The first-order chi connectivity index (χ1) is 8.22. The molecule has 0 aromatic heterocycles. The topological polar surface area (TPSA) is 36.3 Å². The van der Waals surface area contributed by atoms with Gasteiger partial charge in [-0.15, -0.1) is 0 Å². The molecule has 1 aromatic carbocycles. The lowest BCUT2D eigenvalue weighted by atomic mass is 9.97. The van der Waals surface area contributed by atoms with E-state index in [1.807, 2.05) is 6.07 Å². The number of ether oxygens (including phenoxy) is 1. The van der Waals surface area contributed by atoms with Gasteiger partial charge < -0.3 is 9.64 Å². The molecule has 0 radical (unpaired) electrons. The van der Waals surface area contributed by atoms with Gasteiger partial charge in [0.1, 0.15) is 0 Å². The number of rotatable bonds is 2. The molecule has 17 heavy (non-hydrogen) atoms. The van der Waals surface area contributed by atoms with Crippen molar-refractivity contribution in [1.82, 2.24) is 0 Å². The Morgan fingerprint density at radius 2 is 2.00 bits per heavy atom. The fraction of sp³-hybridized carbons (Fsp3) is 0.500. The highest BCUT2D eigenvalue weighted by molar-refractivity contribution is 5.55. The van der Waals surface area contributed by atoms with Crippen molar-refractivity contribution in [3.8, 4) is 6.07 Å². The van der Waals surface area contributed by atoms with E-state index in [0.717, 1.165) is 43.1 Å². The number of benzene rings is 1. The molecule has 3 nitrogen and oxygen atoms in total. The molecular formula is C14H18N2O. The Morgan fingerprint density at radius 3 is 2.59 bits per heavy atom. The summed E-state index contributed by atoms with van der Waals surface area (Å²) in [6, 6.07) is 8.49. The fourth-order valence-corrected chi connectivity index (χ4v) is 2.16. The summed E-state index contributed by atoms with van der Waals surface area (Å²) in [5, 5.41) is 9.20. The summed E-state index contributed by atoms with van der Waals surface area (Å²) in [5.41, 5.74) is 3.06. The lowest BCUT2D eigenvalue weighted by molar-refractivity contribution is 0.122. The third kappa shape index (κ3) is 2.59. The van der Waals surface area contributed by atoms with E-state index in [1.165, 1.54) is 0 Å². The number of hydrogen-bond acceptors (Lipinski definition) is 3. The van der Waals surface area contributed by atoms with Crippen LogP contribution in [0.1, 0.15) is 30.9 Å². The van der Waals surface area contributed by atoms with Crippen molar-refractivity contribution in [1.29, 1.82) is 5.26 Å². The Morgan fingerprint density at radius 1 is 1.29 bits per heavy atom. The van der Waals surface area contributed by atoms with Crippen LogP contribution in [0.5, 0.6) is 0 Å². The predicted molar refractivity (Wildman–Crippen MR) is 68.3 cm³/mol.